The molecule has 0 aliphatic rings. The summed E-state index contributed by atoms with van der Waals surface area (Å²) in [7, 11) is 1.42. The molecular weight excluding hydrogens is 375 g/mol. The highest BCUT2D eigenvalue weighted by atomic mass is 79.9. The molecule has 1 heterocycles. The van der Waals surface area contributed by atoms with E-state index in [1.807, 2.05) is 0 Å². The van der Waals surface area contributed by atoms with Crippen LogP contribution in [0.1, 0.15) is 15.4 Å². The molecule has 0 bridgehead atoms. The number of thiazole rings is 1. The van der Waals surface area contributed by atoms with Crippen LogP contribution in [0.2, 0.25) is 0 Å². The molecule has 0 unspecified atom stereocenters. The zero-order chi connectivity index (χ0) is 15.8. The predicted octanol–water partition coefficient (Wildman–Crippen LogP) is 4.30. The van der Waals surface area contributed by atoms with Gasteiger partial charge in [-0.1, -0.05) is 15.9 Å². The molecule has 112 valence electrons. The summed E-state index contributed by atoms with van der Waals surface area (Å²) in [6.45, 7) is 0. The maximum absolute atomic E-state index is 12.8. The van der Waals surface area contributed by atoms with Gasteiger partial charge in [-0.25, -0.2) is 9.78 Å². The predicted molar refractivity (Wildman–Crippen MR) is 73.8 cm³/mol. The molecule has 2 rings (SSSR count). The molecule has 0 aliphatic heterocycles. The van der Waals surface area contributed by atoms with Gasteiger partial charge in [0.2, 0.25) is 0 Å². The van der Waals surface area contributed by atoms with Crippen LogP contribution in [-0.4, -0.2) is 23.2 Å². The third-order valence-corrected chi connectivity index (χ3v) is 4.26. The summed E-state index contributed by atoms with van der Waals surface area (Å²) in [5.74, 6) is -1.24. The van der Waals surface area contributed by atoms with E-state index in [0.717, 1.165) is 0 Å². The minimum absolute atomic E-state index is 0.0505. The van der Waals surface area contributed by atoms with Crippen molar-refractivity contribution in [1.29, 1.82) is 0 Å². The number of aromatic nitrogens is 1. The van der Waals surface area contributed by atoms with Crippen molar-refractivity contribution < 1.29 is 27.8 Å². The van der Waals surface area contributed by atoms with E-state index in [1.165, 1.54) is 13.2 Å². The highest BCUT2D eigenvalue weighted by molar-refractivity contribution is 9.10. The van der Waals surface area contributed by atoms with Crippen LogP contribution in [0.4, 0.5) is 13.2 Å². The third-order valence-electron chi connectivity index (χ3n) is 2.49. The third kappa shape index (κ3) is 3.18. The molecule has 0 fully saturated rings. The Morgan fingerprint density at radius 2 is 2.10 bits per heavy atom. The van der Waals surface area contributed by atoms with Gasteiger partial charge in [-0.3, -0.25) is 0 Å². The Balaban J connectivity index is 2.63. The SMILES string of the molecule is COc1ccc(Br)c(-c2nc(C(F)(F)F)c(C(=O)O)s2)c1. The van der Waals surface area contributed by atoms with E-state index in [1.54, 1.807) is 12.1 Å². The zero-order valence-corrected chi connectivity index (χ0v) is 12.8. The zero-order valence-electron chi connectivity index (χ0n) is 10.4. The summed E-state index contributed by atoms with van der Waals surface area (Å²) in [6.07, 6.45) is -4.83. The minimum atomic E-state index is -4.83. The van der Waals surface area contributed by atoms with Crippen LogP contribution in [0.3, 0.4) is 0 Å². The molecule has 2 aromatic rings. The molecule has 4 nitrogen and oxygen atoms in total. The fourth-order valence-electron chi connectivity index (χ4n) is 1.57. The first kappa shape index (κ1) is 15.8. The number of rotatable bonds is 3. The second kappa shape index (κ2) is 5.64. The monoisotopic (exact) mass is 381 g/mol. The number of hydrogen-bond acceptors (Lipinski definition) is 4. The molecule has 1 aromatic carbocycles. The number of methoxy groups -OCH3 is 1. The standard InChI is InChI=1S/C12H7BrF3NO3S/c1-20-5-2-3-7(13)6(4-5)10-17-9(12(14,15)16)8(21-10)11(18)19/h2-4H,1H3,(H,18,19). The van der Waals surface area contributed by atoms with Crippen molar-refractivity contribution in [2.24, 2.45) is 0 Å². The van der Waals surface area contributed by atoms with E-state index in [2.05, 4.69) is 20.9 Å². The van der Waals surface area contributed by atoms with Gasteiger partial charge in [-0.2, -0.15) is 13.2 Å². The number of carboxylic acid groups (broad SMARTS) is 1. The Kier molecular flexibility index (Phi) is 4.24. The number of ether oxygens (including phenoxy) is 1. The average molecular weight is 382 g/mol. The number of alkyl halides is 3. The van der Waals surface area contributed by atoms with Crippen LogP contribution in [0.5, 0.6) is 5.75 Å². The summed E-state index contributed by atoms with van der Waals surface area (Å²) < 4.78 is 44.0. The highest BCUT2D eigenvalue weighted by Crippen LogP contribution is 2.40. The second-order valence-corrected chi connectivity index (χ2v) is 5.70. The van der Waals surface area contributed by atoms with Gasteiger partial charge in [0, 0.05) is 10.0 Å². The van der Waals surface area contributed by atoms with Crippen LogP contribution < -0.4 is 4.74 Å². The number of halogens is 4. The lowest BCUT2D eigenvalue weighted by atomic mass is 10.2. The van der Waals surface area contributed by atoms with Crippen LogP contribution in [0.25, 0.3) is 10.6 Å². The molecular formula is C12H7BrF3NO3S. The lowest BCUT2D eigenvalue weighted by Gasteiger charge is -2.05. The summed E-state index contributed by atoms with van der Waals surface area (Å²) in [5.41, 5.74) is -1.07. The van der Waals surface area contributed by atoms with Gasteiger partial charge >= 0.3 is 12.1 Å². The van der Waals surface area contributed by atoms with E-state index < -0.39 is 22.7 Å². The first-order valence-electron chi connectivity index (χ1n) is 5.39. The van der Waals surface area contributed by atoms with Crippen LogP contribution in [0.15, 0.2) is 22.7 Å². The maximum atomic E-state index is 12.8. The van der Waals surface area contributed by atoms with Gasteiger partial charge < -0.3 is 9.84 Å². The molecule has 0 radical (unpaired) electrons. The summed E-state index contributed by atoms with van der Waals surface area (Å²) in [6, 6.07) is 4.68. The van der Waals surface area contributed by atoms with Crippen molar-refractivity contribution in [3.63, 3.8) is 0 Å². The van der Waals surface area contributed by atoms with E-state index >= 15 is 0 Å². The van der Waals surface area contributed by atoms with Crippen LogP contribution >= 0.6 is 27.3 Å². The fourth-order valence-corrected chi connectivity index (χ4v) is 3.09. The Bertz CT molecular complexity index is 700. The van der Waals surface area contributed by atoms with Crippen molar-refractivity contribution in [2.75, 3.05) is 7.11 Å². The smallest absolute Gasteiger partial charge is 0.435 e. The Hall–Kier alpha value is -1.61. The Morgan fingerprint density at radius 3 is 2.57 bits per heavy atom. The van der Waals surface area contributed by atoms with Crippen molar-refractivity contribution >= 4 is 33.2 Å². The Labute approximate surface area is 129 Å². The molecule has 0 atom stereocenters. The van der Waals surface area contributed by atoms with Gasteiger partial charge in [0.15, 0.2) is 5.69 Å². The molecule has 0 amide bonds. The van der Waals surface area contributed by atoms with Crippen molar-refractivity contribution in [1.82, 2.24) is 4.98 Å². The molecule has 21 heavy (non-hydrogen) atoms. The topological polar surface area (TPSA) is 59.4 Å². The molecule has 1 aromatic heterocycles. The first-order chi connectivity index (χ1) is 9.74. The van der Waals surface area contributed by atoms with Gasteiger partial charge in [0.05, 0.1) is 7.11 Å². The number of benzene rings is 1. The molecule has 0 aliphatic carbocycles. The first-order valence-corrected chi connectivity index (χ1v) is 7.00. The summed E-state index contributed by atoms with van der Waals surface area (Å²) in [4.78, 5) is 13.6. The van der Waals surface area contributed by atoms with E-state index in [4.69, 9.17) is 9.84 Å². The lowest BCUT2D eigenvalue weighted by molar-refractivity contribution is -0.141. The average Bonchev–Trinajstić information content (AvgIpc) is 2.84. The van der Waals surface area contributed by atoms with E-state index in [-0.39, 0.29) is 5.01 Å². The molecule has 1 N–H and O–H groups in total. The summed E-state index contributed by atoms with van der Waals surface area (Å²) >= 11 is 3.66. The number of aromatic carboxylic acids is 1. The number of hydrogen-bond donors (Lipinski definition) is 1. The van der Waals surface area contributed by atoms with E-state index in [9.17, 15) is 18.0 Å². The largest absolute Gasteiger partial charge is 0.497 e. The van der Waals surface area contributed by atoms with Gasteiger partial charge in [-0.15, -0.1) is 11.3 Å². The quantitative estimate of drug-likeness (QED) is 0.860. The normalized spacial score (nSPS) is 11.5. The summed E-state index contributed by atoms with van der Waals surface area (Å²) in [5, 5.41) is 8.84. The second-order valence-electron chi connectivity index (χ2n) is 3.85. The number of carbonyl (C=O) groups is 1. The number of nitrogens with zero attached hydrogens (tertiary/aromatic N) is 1. The number of carboxylic acids is 1. The van der Waals surface area contributed by atoms with Crippen molar-refractivity contribution in [2.45, 2.75) is 6.18 Å². The van der Waals surface area contributed by atoms with Crippen molar-refractivity contribution in [3.05, 3.63) is 33.2 Å². The minimum Gasteiger partial charge on any atom is -0.497 e. The Morgan fingerprint density at radius 1 is 1.43 bits per heavy atom. The molecule has 0 spiro atoms. The lowest BCUT2D eigenvalue weighted by Crippen LogP contribution is -2.11. The van der Waals surface area contributed by atoms with E-state index in [0.29, 0.717) is 27.1 Å². The molecule has 0 saturated heterocycles. The molecule has 0 saturated carbocycles. The molecule has 9 heteroatoms. The van der Waals surface area contributed by atoms with Crippen LogP contribution in [0, 0.1) is 0 Å². The van der Waals surface area contributed by atoms with Gasteiger partial charge in [0.1, 0.15) is 15.6 Å². The van der Waals surface area contributed by atoms with Gasteiger partial charge in [0.25, 0.3) is 0 Å². The highest BCUT2D eigenvalue weighted by Gasteiger charge is 2.40. The van der Waals surface area contributed by atoms with Crippen molar-refractivity contribution in [3.8, 4) is 16.3 Å². The van der Waals surface area contributed by atoms with Crippen LogP contribution in [-0.2, 0) is 6.18 Å². The maximum Gasteiger partial charge on any atom is 0.435 e. The van der Waals surface area contributed by atoms with Gasteiger partial charge in [-0.05, 0) is 18.2 Å². The fraction of sp³-hybridized carbons (Fsp3) is 0.167.